The van der Waals surface area contributed by atoms with E-state index >= 15 is 0 Å². The summed E-state index contributed by atoms with van der Waals surface area (Å²) < 4.78 is 5.01. The van der Waals surface area contributed by atoms with Crippen LogP contribution < -0.4 is 5.32 Å². The van der Waals surface area contributed by atoms with E-state index in [-0.39, 0.29) is 5.97 Å². The minimum Gasteiger partial charge on any atom is -0.464 e. The summed E-state index contributed by atoms with van der Waals surface area (Å²) in [7, 11) is 0. The van der Waals surface area contributed by atoms with Crippen molar-refractivity contribution >= 4 is 12.4 Å². The van der Waals surface area contributed by atoms with Gasteiger partial charge in [0.1, 0.15) is 6.04 Å². The molecule has 4 nitrogen and oxygen atoms in total. The van der Waals surface area contributed by atoms with Gasteiger partial charge in [-0.15, -0.1) is 0 Å². The summed E-state index contributed by atoms with van der Waals surface area (Å²) >= 11 is 0. The Morgan fingerprint density at radius 2 is 2.14 bits per heavy atom. The van der Waals surface area contributed by atoms with E-state index < -0.39 is 6.04 Å². The Kier molecular flexibility index (Phi) is 6.80. The second-order valence-electron chi connectivity index (χ2n) is 3.65. The number of amides is 1. The molecule has 0 spiro atoms. The van der Waals surface area contributed by atoms with Crippen LogP contribution in [0.4, 0.5) is 0 Å². The third-order valence-electron chi connectivity index (χ3n) is 1.69. The lowest BCUT2D eigenvalue weighted by atomic mass is 10.2. The molecule has 0 rings (SSSR count). The van der Waals surface area contributed by atoms with Crippen LogP contribution in [0, 0.1) is 5.92 Å². The Hall–Kier alpha value is -1.06. The summed E-state index contributed by atoms with van der Waals surface area (Å²) in [5.41, 5.74) is 0. The lowest BCUT2D eigenvalue weighted by Gasteiger charge is -2.15. The summed E-state index contributed by atoms with van der Waals surface area (Å²) in [6.07, 6.45) is 1.99. The first kappa shape index (κ1) is 12.9. The molecular formula is C10H19NO3. The summed E-state index contributed by atoms with van der Waals surface area (Å²) in [5, 5.41) is 2.45. The normalized spacial score (nSPS) is 12.3. The molecule has 0 aliphatic heterocycles. The van der Waals surface area contributed by atoms with E-state index in [4.69, 9.17) is 4.74 Å². The van der Waals surface area contributed by atoms with Gasteiger partial charge in [0, 0.05) is 0 Å². The van der Waals surface area contributed by atoms with Crippen LogP contribution in [0.3, 0.4) is 0 Å². The zero-order valence-electron chi connectivity index (χ0n) is 9.08. The van der Waals surface area contributed by atoms with Crippen LogP contribution in [0.25, 0.3) is 0 Å². The Morgan fingerprint density at radius 3 is 2.57 bits per heavy atom. The molecule has 1 N–H and O–H groups in total. The molecule has 1 amide bonds. The molecule has 0 aromatic carbocycles. The summed E-state index contributed by atoms with van der Waals surface area (Å²) in [5.74, 6) is -0.0230. The summed E-state index contributed by atoms with van der Waals surface area (Å²) in [6, 6.07) is -0.490. The molecular weight excluding hydrogens is 182 g/mol. The maximum atomic E-state index is 11.4. The van der Waals surface area contributed by atoms with Crippen LogP contribution in [0.2, 0.25) is 0 Å². The van der Waals surface area contributed by atoms with Crippen molar-refractivity contribution in [3.63, 3.8) is 0 Å². The van der Waals surface area contributed by atoms with Gasteiger partial charge in [0.2, 0.25) is 6.41 Å². The number of carbonyl (C=O) groups is 2. The minimum atomic E-state index is -0.490. The fourth-order valence-corrected chi connectivity index (χ4v) is 0.989. The quantitative estimate of drug-likeness (QED) is 0.495. The first-order valence-electron chi connectivity index (χ1n) is 4.98. The molecule has 0 saturated heterocycles. The van der Waals surface area contributed by atoms with Gasteiger partial charge in [-0.25, -0.2) is 4.79 Å². The van der Waals surface area contributed by atoms with E-state index in [1.54, 1.807) is 0 Å². The first-order chi connectivity index (χ1) is 6.61. The van der Waals surface area contributed by atoms with E-state index in [1.807, 2.05) is 20.8 Å². The van der Waals surface area contributed by atoms with E-state index in [2.05, 4.69) is 5.32 Å². The average molecular weight is 201 g/mol. The van der Waals surface area contributed by atoms with Gasteiger partial charge in [0.05, 0.1) is 6.61 Å². The molecule has 0 aromatic heterocycles. The number of hydrogen-bond donors (Lipinski definition) is 1. The van der Waals surface area contributed by atoms with Crippen LogP contribution in [0.5, 0.6) is 0 Å². The number of ether oxygens (including phenoxy) is 1. The summed E-state index contributed by atoms with van der Waals surface area (Å²) in [6.45, 7) is 6.29. The second-order valence-corrected chi connectivity index (χ2v) is 3.65. The maximum absolute atomic E-state index is 11.4. The van der Waals surface area contributed by atoms with Crippen LogP contribution >= 0.6 is 0 Å². The highest BCUT2D eigenvalue weighted by molar-refractivity contribution is 5.78. The zero-order chi connectivity index (χ0) is 11.0. The Bertz CT molecular complexity index is 180. The highest BCUT2D eigenvalue weighted by Gasteiger charge is 2.17. The van der Waals surface area contributed by atoms with Crippen LogP contribution in [-0.4, -0.2) is 25.0 Å². The molecule has 82 valence electrons. The molecule has 0 radical (unpaired) electrons. The molecule has 0 heterocycles. The molecule has 1 atom stereocenters. The van der Waals surface area contributed by atoms with Crippen molar-refractivity contribution in [3.05, 3.63) is 0 Å². The fourth-order valence-electron chi connectivity index (χ4n) is 0.989. The molecule has 0 saturated carbocycles. The zero-order valence-corrected chi connectivity index (χ0v) is 9.08. The molecule has 1 unspecified atom stereocenters. The van der Waals surface area contributed by atoms with Crippen molar-refractivity contribution in [2.45, 2.75) is 39.7 Å². The second kappa shape index (κ2) is 7.35. The standard InChI is InChI=1S/C10H19NO3/c1-4-5-9(11-7-12)10(13)14-6-8(2)3/h7-9H,4-6H2,1-3H3,(H,11,12). The van der Waals surface area contributed by atoms with Crippen molar-refractivity contribution in [2.75, 3.05) is 6.61 Å². The highest BCUT2D eigenvalue weighted by atomic mass is 16.5. The lowest BCUT2D eigenvalue weighted by Crippen LogP contribution is -2.37. The van der Waals surface area contributed by atoms with Crippen molar-refractivity contribution in [1.82, 2.24) is 5.32 Å². The topological polar surface area (TPSA) is 55.4 Å². The van der Waals surface area contributed by atoms with E-state index in [0.29, 0.717) is 25.4 Å². The predicted octanol–water partition coefficient (Wildman–Crippen LogP) is 1.10. The van der Waals surface area contributed by atoms with Crippen molar-refractivity contribution in [1.29, 1.82) is 0 Å². The van der Waals surface area contributed by atoms with Crippen molar-refractivity contribution < 1.29 is 14.3 Å². The molecule has 4 heteroatoms. The van der Waals surface area contributed by atoms with Crippen LogP contribution in [0.15, 0.2) is 0 Å². The van der Waals surface area contributed by atoms with E-state index in [1.165, 1.54) is 0 Å². The third kappa shape index (κ3) is 5.56. The first-order valence-corrected chi connectivity index (χ1v) is 4.98. The molecule has 0 aliphatic rings. The number of nitrogens with one attached hydrogen (secondary N) is 1. The van der Waals surface area contributed by atoms with Gasteiger partial charge in [-0.1, -0.05) is 27.2 Å². The highest BCUT2D eigenvalue weighted by Crippen LogP contribution is 2.01. The molecule has 0 aromatic rings. The van der Waals surface area contributed by atoms with Gasteiger partial charge in [-0.05, 0) is 12.3 Å². The van der Waals surface area contributed by atoms with Gasteiger partial charge in [0.25, 0.3) is 0 Å². The Morgan fingerprint density at radius 1 is 1.50 bits per heavy atom. The monoisotopic (exact) mass is 201 g/mol. The third-order valence-corrected chi connectivity index (χ3v) is 1.69. The smallest absolute Gasteiger partial charge is 0.328 e. The minimum absolute atomic E-state index is 0.317. The number of carbonyl (C=O) groups excluding carboxylic acids is 2. The Labute approximate surface area is 85.0 Å². The average Bonchev–Trinajstić information content (AvgIpc) is 2.14. The largest absolute Gasteiger partial charge is 0.464 e. The fraction of sp³-hybridized carbons (Fsp3) is 0.800. The molecule has 0 fully saturated rings. The van der Waals surface area contributed by atoms with Gasteiger partial charge in [-0.2, -0.15) is 0 Å². The van der Waals surface area contributed by atoms with Gasteiger partial charge >= 0.3 is 5.97 Å². The SMILES string of the molecule is CCCC(NC=O)C(=O)OCC(C)C. The van der Waals surface area contributed by atoms with Crippen LogP contribution in [0.1, 0.15) is 33.6 Å². The number of esters is 1. The van der Waals surface area contributed by atoms with E-state index in [9.17, 15) is 9.59 Å². The van der Waals surface area contributed by atoms with Gasteiger partial charge in [-0.3, -0.25) is 4.79 Å². The number of hydrogen-bond acceptors (Lipinski definition) is 3. The summed E-state index contributed by atoms with van der Waals surface area (Å²) in [4.78, 5) is 21.6. The molecule has 0 bridgehead atoms. The number of rotatable bonds is 7. The van der Waals surface area contributed by atoms with E-state index in [0.717, 1.165) is 6.42 Å². The Balaban J connectivity index is 3.94. The molecule has 14 heavy (non-hydrogen) atoms. The lowest BCUT2D eigenvalue weighted by molar-refractivity contribution is -0.148. The van der Waals surface area contributed by atoms with Crippen molar-refractivity contribution in [2.24, 2.45) is 5.92 Å². The van der Waals surface area contributed by atoms with Gasteiger partial charge in [0.15, 0.2) is 0 Å². The van der Waals surface area contributed by atoms with Gasteiger partial charge < -0.3 is 10.1 Å². The maximum Gasteiger partial charge on any atom is 0.328 e. The van der Waals surface area contributed by atoms with Crippen LogP contribution in [-0.2, 0) is 14.3 Å². The predicted molar refractivity (Wildman–Crippen MR) is 53.7 cm³/mol. The van der Waals surface area contributed by atoms with Crippen molar-refractivity contribution in [3.8, 4) is 0 Å². The molecule has 0 aliphatic carbocycles.